The Labute approximate surface area is 246 Å². The van der Waals surface area contributed by atoms with Gasteiger partial charge in [-0.15, -0.1) is 0 Å². The summed E-state index contributed by atoms with van der Waals surface area (Å²) in [5.41, 5.74) is 2.98. The Kier molecular flexibility index (Phi) is 10.9. The van der Waals surface area contributed by atoms with Gasteiger partial charge < -0.3 is 10.2 Å². The highest BCUT2D eigenvalue weighted by molar-refractivity contribution is 9.10. The molecule has 2 amide bonds. The van der Waals surface area contributed by atoms with E-state index in [9.17, 15) is 18.0 Å². The molecule has 3 aromatic rings. The number of nitrogens with zero attached hydrogens (tertiary/aromatic N) is 2. The number of aryl methyl sites for hydroxylation is 2. The van der Waals surface area contributed by atoms with Crippen molar-refractivity contribution in [2.45, 2.75) is 71.0 Å². The van der Waals surface area contributed by atoms with Crippen LogP contribution in [0.1, 0.15) is 50.8 Å². The third-order valence-corrected chi connectivity index (χ3v) is 9.21. The number of para-hydroxylation sites is 1. The molecule has 1 N–H and O–H groups in total. The average molecular weight is 629 g/mol. The summed E-state index contributed by atoms with van der Waals surface area (Å²) in [7, 11) is -4.10. The summed E-state index contributed by atoms with van der Waals surface area (Å²) in [4.78, 5) is 28.8. The first-order valence-corrected chi connectivity index (χ1v) is 15.7. The molecular weight excluding hydrogens is 590 g/mol. The van der Waals surface area contributed by atoms with E-state index in [1.165, 1.54) is 9.21 Å². The van der Waals surface area contributed by atoms with Crippen molar-refractivity contribution in [1.29, 1.82) is 0 Å². The maximum atomic E-state index is 14.1. The van der Waals surface area contributed by atoms with Gasteiger partial charge in [0, 0.05) is 17.1 Å². The normalized spacial score (nSPS) is 12.8. The minimum absolute atomic E-state index is 0.0624. The number of rotatable bonds is 12. The van der Waals surface area contributed by atoms with Crippen LogP contribution in [-0.4, -0.2) is 43.8 Å². The lowest BCUT2D eigenvalue weighted by molar-refractivity contribution is -0.139. The lowest BCUT2D eigenvalue weighted by Gasteiger charge is -2.33. The van der Waals surface area contributed by atoms with Crippen molar-refractivity contribution in [3.63, 3.8) is 0 Å². The van der Waals surface area contributed by atoms with Gasteiger partial charge in [-0.2, -0.15) is 0 Å². The lowest BCUT2D eigenvalue weighted by atomic mass is 10.1. The number of sulfonamides is 1. The smallest absolute Gasteiger partial charge is 0.264 e. The number of carbonyl (C=O) groups is 2. The summed E-state index contributed by atoms with van der Waals surface area (Å²) in [6, 6.07) is 20.4. The Morgan fingerprint density at radius 1 is 0.950 bits per heavy atom. The van der Waals surface area contributed by atoms with Crippen molar-refractivity contribution in [2.24, 2.45) is 0 Å². The van der Waals surface area contributed by atoms with Crippen molar-refractivity contribution in [1.82, 2.24) is 10.2 Å². The number of hydrogen-bond acceptors (Lipinski definition) is 4. The second-order valence-electron chi connectivity index (χ2n) is 9.95. The summed E-state index contributed by atoms with van der Waals surface area (Å²) in [6.45, 7) is 9.06. The van der Waals surface area contributed by atoms with Gasteiger partial charge in [0.05, 0.1) is 10.6 Å². The van der Waals surface area contributed by atoms with Crippen LogP contribution < -0.4 is 9.62 Å². The molecule has 0 spiro atoms. The van der Waals surface area contributed by atoms with Crippen LogP contribution >= 0.6 is 15.9 Å². The molecule has 0 heterocycles. The van der Waals surface area contributed by atoms with Crippen molar-refractivity contribution >= 4 is 43.5 Å². The highest BCUT2D eigenvalue weighted by Gasteiger charge is 2.33. The standard InChI is InChI=1S/C31H38BrN3O4S/c1-6-23(4)33-31(37)24(5)34(20-25-11-10-13-27(32)19-25)30(36)21-35(29-14-9-8-12-26(29)7-2)40(38,39)28-17-15-22(3)16-18-28/h8-19,23-24H,6-7,20-21H2,1-5H3,(H,33,37)/t23-,24+/m0/s1. The molecule has 40 heavy (non-hydrogen) atoms. The van der Waals surface area contributed by atoms with Crippen molar-refractivity contribution in [3.8, 4) is 0 Å². The van der Waals surface area contributed by atoms with Gasteiger partial charge in [-0.05, 0) is 75.1 Å². The second-order valence-corrected chi connectivity index (χ2v) is 12.7. The van der Waals surface area contributed by atoms with Crippen LogP contribution in [0.5, 0.6) is 0 Å². The van der Waals surface area contributed by atoms with E-state index in [1.54, 1.807) is 43.3 Å². The summed E-state index contributed by atoms with van der Waals surface area (Å²) >= 11 is 3.47. The van der Waals surface area contributed by atoms with Crippen molar-refractivity contribution in [3.05, 3.63) is 94.0 Å². The Bertz CT molecular complexity index is 1430. The Balaban J connectivity index is 2.06. The fourth-order valence-corrected chi connectivity index (χ4v) is 6.18. The maximum absolute atomic E-state index is 14.1. The van der Waals surface area contributed by atoms with Crippen LogP contribution in [0, 0.1) is 6.92 Å². The molecule has 0 unspecified atom stereocenters. The number of benzene rings is 3. The maximum Gasteiger partial charge on any atom is 0.264 e. The first-order chi connectivity index (χ1) is 19.0. The second kappa shape index (κ2) is 13.9. The molecule has 0 aliphatic rings. The molecule has 3 rings (SSSR count). The van der Waals surface area contributed by atoms with Crippen LogP contribution in [0.2, 0.25) is 0 Å². The van der Waals surface area contributed by atoms with E-state index >= 15 is 0 Å². The zero-order chi connectivity index (χ0) is 29.4. The van der Waals surface area contributed by atoms with Crippen LogP contribution in [0.3, 0.4) is 0 Å². The van der Waals surface area contributed by atoms with Crippen molar-refractivity contribution < 1.29 is 18.0 Å². The molecule has 0 fully saturated rings. The molecule has 2 atom stereocenters. The molecule has 0 radical (unpaired) electrons. The van der Waals surface area contributed by atoms with E-state index in [1.807, 2.05) is 64.1 Å². The predicted molar refractivity (Wildman–Crippen MR) is 164 cm³/mol. The predicted octanol–water partition coefficient (Wildman–Crippen LogP) is 5.85. The Morgan fingerprint density at radius 3 is 2.25 bits per heavy atom. The molecule has 9 heteroatoms. The number of anilines is 1. The average Bonchev–Trinajstić information content (AvgIpc) is 2.94. The van der Waals surface area contributed by atoms with Crippen molar-refractivity contribution in [2.75, 3.05) is 10.8 Å². The van der Waals surface area contributed by atoms with E-state index in [-0.39, 0.29) is 23.4 Å². The van der Waals surface area contributed by atoms with Gasteiger partial charge in [-0.1, -0.05) is 77.8 Å². The van der Waals surface area contributed by atoms with Gasteiger partial charge in [0.2, 0.25) is 11.8 Å². The number of amides is 2. The molecule has 0 aromatic heterocycles. The third-order valence-electron chi connectivity index (χ3n) is 6.94. The van der Waals surface area contributed by atoms with Gasteiger partial charge >= 0.3 is 0 Å². The molecule has 0 saturated heterocycles. The quantitative estimate of drug-likeness (QED) is 0.273. The largest absolute Gasteiger partial charge is 0.352 e. The van der Waals surface area contributed by atoms with E-state index in [4.69, 9.17) is 0 Å². The molecule has 214 valence electrons. The van der Waals surface area contributed by atoms with E-state index in [0.717, 1.165) is 27.6 Å². The SMILES string of the molecule is CCc1ccccc1N(CC(=O)N(Cc1cccc(Br)c1)[C@H](C)C(=O)N[C@@H](C)CC)S(=O)(=O)c1ccc(C)cc1. The molecule has 0 bridgehead atoms. The fraction of sp³-hybridized carbons (Fsp3) is 0.355. The number of nitrogens with one attached hydrogen (secondary N) is 1. The van der Waals surface area contributed by atoms with Gasteiger partial charge in [0.25, 0.3) is 10.0 Å². The monoisotopic (exact) mass is 627 g/mol. The lowest BCUT2D eigenvalue weighted by Crippen LogP contribution is -2.52. The number of hydrogen-bond donors (Lipinski definition) is 1. The van der Waals surface area contributed by atoms with Crippen LogP contribution in [0.15, 0.2) is 82.2 Å². The summed E-state index contributed by atoms with van der Waals surface area (Å²) in [5.74, 6) is -0.770. The number of halogens is 1. The highest BCUT2D eigenvalue weighted by Crippen LogP contribution is 2.28. The van der Waals surface area contributed by atoms with Crippen LogP contribution in [0.4, 0.5) is 5.69 Å². The minimum atomic E-state index is -4.10. The zero-order valence-corrected chi connectivity index (χ0v) is 26.1. The molecule has 7 nitrogen and oxygen atoms in total. The first kappa shape index (κ1) is 31.4. The fourth-order valence-electron chi connectivity index (χ4n) is 4.28. The zero-order valence-electron chi connectivity index (χ0n) is 23.7. The van der Waals surface area contributed by atoms with E-state index in [2.05, 4.69) is 21.2 Å². The Morgan fingerprint density at radius 2 is 1.62 bits per heavy atom. The van der Waals surface area contributed by atoms with Gasteiger partial charge in [-0.3, -0.25) is 13.9 Å². The topological polar surface area (TPSA) is 86.8 Å². The molecule has 0 aliphatic carbocycles. The van der Waals surface area contributed by atoms with Gasteiger partial charge in [0.15, 0.2) is 0 Å². The highest BCUT2D eigenvalue weighted by atomic mass is 79.9. The van der Waals surface area contributed by atoms with E-state index in [0.29, 0.717) is 12.1 Å². The third kappa shape index (κ3) is 7.73. The summed E-state index contributed by atoms with van der Waals surface area (Å²) in [6.07, 6.45) is 1.33. The van der Waals surface area contributed by atoms with Gasteiger partial charge in [-0.25, -0.2) is 8.42 Å². The Hall–Kier alpha value is -3.17. The molecular formula is C31H38BrN3O4S. The number of carbonyl (C=O) groups excluding carboxylic acids is 2. The minimum Gasteiger partial charge on any atom is -0.352 e. The molecule has 0 aliphatic heterocycles. The molecule has 3 aromatic carbocycles. The van der Waals surface area contributed by atoms with Crippen LogP contribution in [0.25, 0.3) is 0 Å². The first-order valence-electron chi connectivity index (χ1n) is 13.5. The van der Waals surface area contributed by atoms with Gasteiger partial charge in [0.1, 0.15) is 12.6 Å². The van der Waals surface area contributed by atoms with Crippen LogP contribution in [-0.2, 0) is 32.6 Å². The molecule has 0 saturated carbocycles. The van der Waals surface area contributed by atoms with E-state index < -0.39 is 28.5 Å². The summed E-state index contributed by atoms with van der Waals surface area (Å²) in [5, 5.41) is 2.95. The summed E-state index contributed by atoms with van der Waals surface area (Å²) < 4.78 is 30.1.